The van der Waals surface area contributed by atoms with Gasteiger partial charge in [0.05, 0.1) is 5.70 Å². The number of hydrogen-bond donors (Lipinski definition) is 0. The molecule has 0 heterocycles. The maximum absolute atomic E-state index is 10.1. The fraction of sp³-hybridized carbons (Fsp3) is 0.714. The first kappa shape index (κ1) is 7.73. The van der Waals surface area contributed by atoms with Crippen molar-refractivity contribution in [3.05, 3.63) is 15.6 Å². The highest BCUT2D eigenvalue weighted by atomic mass is 35.5. The number of nitrogens with zero attached hydrogens (tertiary/aromatic N) is 1. The van der Waals surface area contributed by atoms with E-state index < -0.39 is 0 Å². The Labute approximate surface area is 65.2 Å². The van der Waals surface area contributed by atoms with E-state index >= 15 is 0 Å². The molecule has 2 nitrogen and oxygen atoms in total. The number of halogens is 1. The molecule has 1 atom stereocenters. The topological polar surface area (TPSA) is 29.4 Å². The number of hydrogen-bond acceptors (Lipinski definition) is 2. The highest BCUT2D eigenvalue weighted by Gasteiger charge is 2.16. The highest BCUT2D eigenvalue weighted by molar-refractivity contribution is 6.30. The highest BCUT2D eigenvalue weighted by Crippen LogP contribution is 2.31. The lowest BCUT2D eigenvalue weighted by Gasteiger charge is -2.16. The van der Waals surface area contributed by atoms with Crippen LogP contribution in [0.25, 0.3) is 0 Å². The first-order valence-corrected chi connectivity index (χ1v) is 3.82. The molecule has 10 heavy (non-hydrogen) atoms. The SMILES string of the molecule is CC1CCC(N=O)=C(Cl)C1. The Morgan fingerprint density at radius 2 is 2.40 bits per heavy atom. The van der Waals surface area contributed by atoms with Crippen molar-refractivity contribution in [2.75, 3.05) is 0 Å². The van der Waals surface area contributed by atoms with Gasteiger partial charge in [-0.2, -0.15) is 0 Å². The van der Waals surface area contributed by atoms with Crippen molar-refractivity contribution in [3.63, 3.8) is 0 Å². The van der Waals surface area contributed by atoms with E-state index in [2.05, 4.69) is 12.1 Å². The molecule has 0 aliphatic heterocycles. The summed E-state index contributed by atoms with van der Waals surface area (Å²) in [6.45, 7) is 2.13. The molecular formula is C7H10ClNO. The third-order valence-corrected chi connectivity index (χ3v) is 2.20. The summed E-state index contributed by atoms with van der Waals surface area (Å²) in [6.07, 6.45) is 2.61. The molecule has 0 saturated heterocycles. The predicted molar refractivity (Wildman–Crippen MR) is 41.7 cm³/mol. The average molecular weight is 160 g/mol. The molecule has 3 heteroatoms. The smallest absolute Gasteiger partial charge is 0.0993 e. The first-order chi connectivity index (χ1) is 4.74. The van der Waals surface area contributed by atoms with Gasteiger partial charge >= 0.3 is 0 Å². The first-order valence-electron chi connectivity index (χ1n) is 3.45. The zero-order valence-corrected chi connectivity index (χ0v) is 6.69. The van der Waals surface area contributed by atoms with Crippen molar-refractivity contribution in [2.24, 2.45) is 11.1 Å². The van der Waals surface area contributed by atoms with Crippen molar-refractivity contribution >= 4 is 11.6 Å². The van der Waals surface area contributed by atoms with Crippen LogP contribution in [0, 0.1) is 10.8 Å². The Balaban J connectivity index is 2.70. The summed E-state index contributed by atoms with van der Waals surface area (Å²) >= 11 is 5.76. The van der Waals surface area contributed by atoms with Gasteiger partial charge < -0.3 is 0 Å². The second kappa shape index (κ2) is 3.15. The molecule has 0 amide bonds. The third kappa shape index (κ3) is 1.57. The second-order valence-electron chi connectivity index (χ2n) is 2.79. The van der Waals surface area contributed by atoms with Gasteiger partial charge in [-0.25, -0.2) is 0 Å². The maximum atomic E-state index is 10.1. The second-order valence-corrected chi connectivity index (χ2v) is 3.25. The lowest BCUT2D eigenvalue weighted by Crippen LogP contribution is -2.02. The van der Waals surface area contributed by atoms with E-state index in [-0.39, 0.29) is 0 Å². The van der Waals surface area contributed by atoms with Gasteiger partial charge in [-0.05, 0) is 30.4 Å². The Hall–Kier alpha value is -0.370. The fourth-order valence-corrected chi connectivity index (χ4v) is 1.53. The third-order valence-electron chi connectivity index (χ3n) is 1.82. The minimum atomic E-state index is 0.555. The molecule has 0 radical (unpaired) electrons. The van der Waals surface area contributed by atoms with Gasteiger partial charge in [0.1, 0.15) is 0 Å². The van der Waals surface area contributed by atoms with Crippen LogP contribution in [0.4, 0.5) is 0 Å². The molecule has 0 aromatic rings. The van der Waals surface area contributed by atoms with Crippen LogP contribution in [0.15, 0.2) is 15.9 Å². The van der Waals surface area contributed by atoms with Gasteiger partial charge in [0.15, 0.2) is 0 Å². The Morgan fingerprint density at radius 1 is 1.70 bits per heavy atom. The van der Waals surface area contributed by atoms with Crippen LogP contribution in [0.1, 0.15) is 26.2 Å². The van der Waals surface area contributed by atoms with Crippen LogP contribution < -0.4 is 0 Å². The molecule has 1 aliphatic rings. The molecule has 0 spiro atoms. The molecule has 1 unspecified atom stereocenters. The number of allylic oxidation sites excluding steroid dienone is 2. The molecule has 1 rings (SSSR count). The van der Waals surface area contributed by atoms with E-state index in [0.717, 1.165) is 19.3 Å². The standard InChI is InChI=1S/C7H10ClNO/c1-5-2-3-7(9-10)6(8)4-5/h5H,2-4H2,1H3. The molecule has 0 aromatic heterocycles. The predicted octanol–water partition coefficient (Wildman–Crippen LogP) is 3.02. The summed E-state index contributed by atoms with van der Waals surface area (Å²) in [5.74, 6) is 0.609. The van der Waals surface area contributed by atoms with Crippen LogP contribution in [-0.2, 0) is 0 Å². The molecule has 0 aromatic carbocycles. The Bertz CT molecular complexity index is 176. The summed E-state index contributed by atoms with van der Waals surface area (Å²) < 4.78 is 0. The Morgan fingerprint density at radius 3 is 2.90 bits per heavy atom. The van der Waals surface area contributed by atoms with Crippen molar-refractivity contribution in [1.82, 2.24) is 0 Å². The molecular weight excluding hydrogens is 150 g/mol. The average Bonchev–Trinajstić information content (AvgIpc) is 1.88. The summed E-state index contributed by atoms with van der Waals surface area (Å²) in [5.41, 5.74) is 0.555. The summed E-state index contributed by atoms with van der Waals surface area (Å²) in [6, 6.07) is 0. The van der Waals surface area contributed by atoms with E-state index in [0.29, 0.717) is 16.6 Å². The van der Waals surface area contributed by atoms with Crippen LogP contribution in [0.2, 0.25) is 0 Å². The van der Waals surface area contributed by atoms with Crippen LogP contribution >= 0.6 is 11.6 Å². The minimum Gasteiger partial charge on any atom is -0.145 e. The number of nitroso groups, excluding NO2 is 1. The van der Waals surface area contributed by atoms with Crippen molar-refractivity contribution in [1.29, 1.82) is 0 Å². The quantitative estimate of drug-likeness (QED) is 0.541. The molecule has 0 N–H and O–H groups in total. The van der Waals surface area contributed by atoms with E-state index in [1.54, 1.807) is 0 Å². The van der Waals surface area contributed by atoms with Gasteiger partial charge in [0.2, 0.25) is 0 Å². The summed E-state index contributed by atoms with van der Waals surface area (Å²) in [4.78, 5) is 10.1. The zero-order chi connectivity index (χ0) is 7.56. The normalized spacial score (nSPS) is 26.8. The van der Waals surface area contributed by atoms with Gasteiger partial charge in [-0.15, -0.1) is 4.91 Å². The monoisotopic (exact) mass is 159 g/mol. The maximum Gasteiger partial charge on any atom is 0.0993 e. The lowest BCUT2D eigenvalue weighted by atomic mass is 9.94. The molecule has 1 aliphatic carbocycles. The van der Waals surface area contributed by atoms with Crippen LogP contribution in [-0.4, -0.2) is 0 Å². The van der Waals surface area contributed by atoms with Crippen LogP contribution in [0.5, 0.6) is 0 Å². The zero-order valence-electron chi connectivity index (χ0n) is 5.93. The fourth-order valence-electron chi connectivity index (χ4n) is 1.14. The number of rotatable bonds is 1. The van der Waals surface area contributed by atoms with Gasteiger partial charge in [-0.1, -0.05) is 18.5 Å². The molecule has 0 fully saturated rings. The van der Waals surface area contributed by atoms with Gasteiger partial charge in [-0.3, -0.25) is 0 Å². The largest absolute Gasteiger partial charge is 0.145 e. The van der Waals surface area contributed by atoms with Crippen LogP contribution in [0.3, 0.4) is 0 Å². The van der Waals surface area contributed by atoms with E-state index in [4.69, 9.17) is 11.6 Å². The molecule has 0 bridgehead atoms. The van der Waals surface area contributed by atoms with Crippen molar-refractivity contribution in [3.8, 4) is 0 Å². The van der Waals surface area contributed by atoms with Gasteiger partial charge in [0, 0.05) is 5.03 Å². The van der Waals surface area contributed by atoms with E-state index in [1.165, 1.54) is 0 Å². The summed E-state index contributed by atoms with van der Waals surface area (Å²) in [5, 5.41) is 3.52. The minimum absolute atomic E-state index is 0.555. The molecule has 56 valence electrons. The lowest BCUT2D eigenvalue weighted by molar-refractivity contribution is 0.506. The summed E-state index contributed by atoms with van der Waals surface area (Å²) in [7, 11) is 0. The Kier molecular flexibility index (Phi) is 2.44. The van der Waals surface area contributed by atoms with Crippen molar-refractivity contribution in [2.45, 2.75) is 26.2 Å². The van der Waals surface area contributed by atoms with E-state index in [9.17, 15) is 4.91 Å². The van der Waals surface area contributed by atoms with Gasteiger partial charge in [0.25, 0.3) is 0 Å². The van der Waals surface area contributed by atoms with Crippen molar-refractivity contribution < 1.29 is 0 Å². The van der Waals surface area contributed by atoms with E-state index in [1.807, 2.05) is 0 Å². The molecule has 0 saturated carbocycles.